The van der Waals surface area contributed by atoms with E-state index in [1.165, 1.54) is 0 Å². The minimum absolute atomic E-state index is 0.119. The van der Waals surface area contributed by atoms with Crippen molar-refractivity contribution in [2.24, 2.45) is 5.92 Å². The van der Waals surface area contributed by atoms with Crippen LogP contribution in [0.5, 0.6) is 5.75 Å². The molecule has 8 nitrogen and oxygen atoms in total. The summed E-state index contributed by atoms with van der Waals surface area (Å²) >= 11 is 0. The lowest BCUT2D eigenvalue weighted by Crippen LogP contribution is -2.55. The van der Waals surface area contributed by atoms with E-state index < -0.39 is 6.04 Å². The van der Waals surface area contributed by atoms with Gasteiger partial charge >= 0.3 is 0 Å². The smallest absolute Gasteiger partial charge is 0.242 e. The summed E-state index contributed by atoms with van der Waals surface area (Å²) in [5.74, 6) is 0.800. The molecule has 2 amide bonds. The topological polar surface area (TPSA) is 88.5 Å². The van der Waals surface area contributed by atoms with Gasteiger partial charge in [-0.1, -0.05) is 56.3 Å². The summed E-state index contributed by atoms with van der Waals surface area (Å²) < 4.78 is 7.89. The maximum Gasteiger partial charge on any atom is 0.242 e. The molecule has 3 aromatic rings. The number of carbonyl (C=O) groups excluding carboxylic acids is 2. The van der Waals surface area contributed by atoms with E-state index in [0.717, 1.165) is 29.8 Å². The van der Waals surface area contributed by atoms with Gasteiger partial charge in [0.05, 0.1) is 12.4 Å². The van der Waals surface area contributed by atoms with Crippen molar-refractivity contribution in [1.82, 2.24) is 25.1 Å². The van der Waals surface area contributed by atoms with Gasteiger partial charge in [-0.05, 0) is 62.9 Å². The Balaban J connectivity index is 1.66. The first-order valence-electron chi connectivity index (χ1n) is 14.2. The number of rotatable bonds is 16. The van der Waals surface area contributed by atoms with Crippen molar-refractivity contribution < 1.29 is 14.3 Å². The molecule has 8 heteroatoms. The Hall–Kier alpha value is -3.65. The Labute approximate surface area is 239 Å². The van der Waals surface area contributed by atoms with Crippen LogP contribution in [-0.4, -0.2) is 58.0 Å². The Morgan fingerprint density at radius 3 is 2.33 bits per heavy atom. The summed E-state index contributed by atoms with van der Waals surface area (Å²) in [5.41, 5.74) is 2.05. The molecule has 2 aromatic carbocycles. The van der Waals surface area contributed by atoms with Crippen molar-refractivity contribution in [2.45, 2.75) is 78.2 Å². The lowest BCUT2D eigenvalue weighted by Gasteiger charge is -2.32. The fraction of sp³-hybridized carbons (Fsp3) is 0.469. The zero-order valence-electron chi connectivity index (χ0n) is 24.5. The van der Waals surface area contributed by atoms with Crippen LogP contribution in [0.4, 0.5) is 0 Å². The van der Waals surface area contributed by atoms with E-state index >= 15 is 0 Å². The summed E-state index contributed by atoms with van der Waals surface area (Å²) in [5, 5.41) is 6.11. The Kier molecular flexibility index (Phi) is 12.2. The predicted molar refractivity (Wildman–Crippen MR) is 159 cm³/mol. The van der Waals surface area contributed by atoms with Crippen LogP contribution in [0.25, 0.3) is 0 Å². The third-order valence-electron chi connectivity index (χ3n) is 7.00. The molecule has 0 unspecified atom stereocenters. The molecule has 40 heavy (non-hydrogen) atoms. The van der Waals surface area contributed by atoms with Crippen LogP contribution in [0.2, 0.25) is 0 Å². The van der Waals surface area contributed by atoms with E-state index in [1.807, 2.05) is 72.4 Å². The number of imidazole rings is 1. The van der Waals surface area contributed by atoms with Crippen LogP contribution < -0.4 is 15.4 Å². The van der Waals surface area contributed by atoms with Crippen molar-refractivity contribution in [3.63, 3.8) is 0 Å². The van der Waals surface area contributed by atoms with Crippen molar-refractivity contribution in [2.75, 3.05) is 13.6 Å². The maximum atomic E-state index is 13.5. The van der Waals surface area contributed by atoms with Gasteiger partial charge in [-0.15, -0.1) is 0 Å². The number of carbonyl (C=O) groups is 2. The van der Waals surface area contributed by atoms with E-state index in [4.69, 9.17) is 4.74 Å². The lowest BCUT2D eigenvalue weighted by atomic mass is 9.99. The standard InChI is InChI=1S/C32H45N5O3/c1-24(2)20-30(36(5)25(3)4)32(39)35-29(31(38)34-16-9-18-37-19-17-33-23-37)21-26-12-14-28(15-13-26)40-22-27-10-7-6-8-11-27/h6-8,10-15,17,19,23-25,29-30H,9,16,18,20-22H2,1-5H3,(H,34,38)(H,35,39)/t29-,30+/m0/s1. The van der Waals surface area contributed by atoms with Gasteiger partial charge in [-0.3, -0.25) is 14.5 Å². The summed E-state index contributed by atoms with van der Waals surface area (Å²) in [4.78, 5) is 33.0. The number of ether oxygens (including phenoxy) is 1. The number of hydrogen-bond acceptors (Lipinski definition) is 5. The van der Waals surface area contributed by atoms with Gasteiger partial charge in [0.2, 0.25) is 11.8 Å². The fourth-order valence-electron chi connectivity index (χ4n) is 4.46. The molecule has 0 radical (unpaired) electrons. The normalized spacial score (nSPS) is 12.9. The lowest BCUT2D eigenvalue weighted by molar-refractivity contribution is -0.132. The molecule has 2 N–H and O–H groups in total. The monoisotopic (exact) mass is 547 g/mol. The van der Waals surface area contributed by atoms with Gasteiger partial charge < -0.3 is 19.9 Å². The first kappa shape index (κ1) is 30.9. The number of hydrogen-bond donors (Lipinski definition) is 2. The fourth-order valence-corrected chi connectivity index (χ4v) is 4.46. The molecule has 1 heterocycles. The Bertz CT molecular complexity index is 1150. The van der Waals surface area contributed by atoms with Crippen molar-refractivity contribution in [3.05, 3.63) is 84.4 Å². The van der Waals surface area contributed by atoms with E-state index in [0.29, 0.717) is 31.9 Å². The van der Waals surface area contributed by atoms with Crippen LogP contribution in [-0.2, 0) is 29.2 Å². The molecular formula is C32H45N5O3. The first-order valence-corrected chi connectivity index (χ1v) is 14.2. The molecule has 0 spiro atoms. The molecule has 1 aromatic heterocycles. The third-order valence-corrected chi connectivity index (χ3v) is 7.00. The van der Waals surface area contributed by atoms with Crippen molar-refractivity contribution >= 4 is 11.8 Å². The highest BCUT2D eigenvalue weighted by Gasteiger charge is 2.30. The second-order valence-electron chi connectivity index (χ2n) is 11.0. The number of aromatic nitrogens is 2. The highest BCUT2D eigenvalue weighted by Crippen LogP contribution is 2.17. The Morgan fingerprint density at radius 2 is 1.70 bits per heavy atom. The van der Waals surface area contributed by atoms with Gasteiger partial charge in [0.25, 0.3) is 0 Å². The minimum Gasteiger partial charge on any atom is -0.489 e. The summed E-state index contributed by atoms with van der Waals surface area (Å²) in [6.45, 7) is 10.1. The van der Waals surface area contributed by atoms with Gasteiger partial charge in [0.1, 0.15) is 18.4 Å². The molecular weight excluding hydrogens is 502 g/mol. The molecule has 0 fully saturated rings. The highest BCUT2D eigenvalue weighted by atomic mass is 16.5. The Morgan fingerprint density at radius 1 is 0.975 bits per heavy atom. The summed E-state index contributed by atoms with van der Waals surface area (Å²) in [6.07, 6.45) is 7.27. The average Bonchev–Trinajstić information content (AvgIpc) is 3.47. The van der Waals surface area contributed by atoms with E-state index in [-0.39, 0.29) is 23.9 Å². The number of nitrogens with zero attached hydrogens (tertiary/aromatic N) is 3. The molecule has 0 saturated heterocycles. The molecule has 0 bridgehead atoms. The molecule has 0 aliphatic rings. The molecule has 0 aliphatic carbocycles. The van der Waals surface area contributed by atoms with Crippen LogP contribution in [0.3, 0.4) is 0 Å². The summed E-state index contributed by atoms with van der Waals surface area (Å²) in [7, 11) is 1.97. The third kappa shape index (κ3) is 10.2. The molecule has 0 aliphatic heterocycles. The van der Waals surface area contributed by atoms with Gasteiger partial charge in [-0.2, -0.15) is 0 Å². The number of aryl methyl sites for hydroxylation is 1. The molecule has 0 saturated carbocycles. The number of nitrogens with one attached hydrogen (secondary N) is 2. The maximum absolute atomic E-state index is 13.5. The molecule has 2 atom stereocenters. The summed E-state index contributed by atoms with van der Waals surface area (Å²) in [6, 6.07) is 16.9. The van der Waals surface area contributed by atoms with Crippen LogP contribution in [0.1, 0.15) is 51.7 Å². The number of benzene rings is 2. The van der Waals surface area contributed by atoms with Gasteiger partial charge in [-0.25, -0.2) is 4.98 Å². The second-order valence-corrected chi connectivity index (χ2v) is 11.0. The quantitative estimate of drug-likeness (QED) is 0.259. The second kappa shape index (κ2) is 15.8. The predicted octanol–water partition coefficient (Wildman–Crippen LogP) is 4.45. The average molecular weight is 548 g/mol. The zero-order valence-corrected chi connectivity index (χ0v) is 24.5. The van der Waals surface area contributed by atoms with E-state index in [9.17, 15) is 9.59 Å². The van der Waals surface area contributed by atoms with Gasteiger partial charge in [0.15, 0.2) is 0 Å². The van der Waals surface area contributed by atoms with Crippen molar-refractivity contribution in [1.29, 1.82) is 0 Å². The first-order chi connectivity index (χ1) is 19.2. The molecule has 216 valence electrons. The number of likely N-dealkylation sites (N-methyl/N-ethyl adjacent to an activating group) is 1. The van der Waals surface area contributed by atoms with Crippen LogP contribution in [0.15, 0.2) is 73.3 Å². The van der Waals surface area contributed by atoms with Gasteiger partial charge in [0, 0.05) is 37.9 Å². The highest BCUT2D eigenvalue weighted by molar-refractivity contribution is 5.90. The molecule has 3 rings (SSSR count). The van der Waals surface area contributed by atoms with E-state index in [1.54, 1.807) is 12.5 Å². The minimum atomic E-state index is -0.688. The largest absolute Gasteiger partial charge is 0.489 e. The van der Waals surface area contributed by atoms with E-state index in [2.05, 4.69) is 48.2 Å². The van der Waals surface area contributed by atoms with Crippen molar-refractivity contribution in [3.8, 4) is 5.75 Å². The SMILES string of the molecule is CC(C)C[C@H](C(=O)N[C@@H](Cc1ccc(OCc2ccccc2)cc1)C(=O)NCCCn1ccnc1)N(C)C(C)C. The number of amides is 2. The zero-order chi connectivity index (χ0) is 28.9. The van der Waals surface area contributed by atoms with Crippen LogP contribution in [0, 0.1) is 5.92 Å². The van der Waals surface area contributed by atoms with Crippen LogP contribution >= 0.6 is 0 Å².